The van der Waals surface area contributed by atoms with Gasteiger partial charge in [0, 0.05) is 7.11 Å². The van der Waals surface area contributed by atoms with Gasteiger partial charge in [-0.1, -0.05) is 24.3 Å². The Hall–Kier alpha value is -1.81. The molecule has 1 amide bonds. The highest BCUT2D eigenvalue weighted by Crippen LogP contribution is 2.29. The number of para-hydroxylation sites is 1. The highest BCUT2D eigenvalue weighted by molar-refractivity contribution is 5.93. The summed E-state index contributed by atoms with van der Waals surface area (Å²) in [6, 6.07) is 7.66. The molecule has 0 aromatic heterocycles. The molecule has 0 spiro atoms. The number of hydrogen-bond acceptors (Lipinski definition) is 3. The number of rotatable bonds is 2. The number of carbonyl (C=O) groups is 1. The third-order valence-electron chi connectivity index (χ3n) is 2.67. The van der Waals surface area contributed by atoms with Crippen LogP contribution in [0.3, 0.4) is 0 Å². The van der Waals surface area contributed by atoms with Crippen LogP contribution < -0.4 is 4.90 Å². The largest absolute Gasteiger partial charge is 0.446 e. The topological polar surface area (TPSA) is 38.8 Å². The first-order valence-corrected chi connectivity index (χ1v) is 5.93. The van der Waals surface area contributed by atoms with E-state index in [9.17, 15) is 4.79 Å². The molecule has 0 radical (unpaired) electrons. The second-order valence-electron chi connectivity index (χ2n) is 4.35. The Labute approximate surface area is 107 Å². The minimum atomic E-state index is -0.425. The summed E-state index contributed by atoms with van der Waals surface area (Å²) in [6.45, 7) is 3.65. The number of ether oxygens (including phenoxy) is 2. The molecule has 1 aliphatic heterocycles. The molecule has 2 rings (SSSR count). The zero-order valence-electron chi connectivity index (χ0n) is 10.8. The Kier molecular flexibility index (Phi) is 3.67. The van der Waals surface area contributed by atoms with Gasteiger partial charge in [0.15, 0.2) is 6.23 Å². The van der Waals surface area contributed by atoms with Crippen LogP contribution in [0.5, 0.6) is 0 Å². The number of fused-ring (bicyclic) bond motifs is 1. The fourth-order valence-electron chi connectivity index (χ4n) is 1.90. The van der Waals surface area contributed by atoms with Crippen molar-refractivity contribution in [2.75, 3.05) is 12.0 Å². The van der Waals surface area contributed by atoms with Gasteiger partial charge in [0.1, 0.15) is 0 Å². The molecule has 18 heavy (non-hydrogen) atoms. The molecule has 0 saturated heterocycles. The molecule has 1 aromatic rings. The zero-order chi connectivity index (χ0) is 13.1. The van der Waals surface area contributed by atoms with Gasteiger partial charge in [0.05, 0.1) is 11.8 Å². The highest BCUT2D eigenvalue weighted by Gasteiger charge is 2.29. The van der Waals surface area contributed by atoms with Crippen molar-refractivity contribution in [1.29, 1.82) is 0 Å². The molecule has 0 bridgehead atoms. The minimum Gasteiger partial charge on any atom is -0.446 e. The second-order valence-corrected chi connectivity index (χ2v) is 4.35. The summed E-state index contributed by atoms with van der Waals surface area (Å²) in [5.74, 6) is 0. The van der Waals surface area contributed by atoms with Crippen LogP contribution in [0.2, 0.25) is 0 Å². The lowest BCUT2D eigenvalue weighted by Crippen LogP contribution is -2.43. The third-order valence-corrected chi connectivity index (χ3v) is 2.67. The molecule has 0 fully saturated rings. The molecule has 4 nitrogen and oxygen atoms in total. The Balaban J connectivity index is 2.35. The molecular formula is C14H17NO3. The molecule has 0 aliphatic carbocycles. The number of carbonyl (C=O) groups excluding carboxylic acids is 1. The normalized spacial score (nSPS) is 17.8. The zero-order valence-corrected chi connectivity index (χ0v) is 10.8. The summed E-state index contributed by atoms with van der Waals surface area (Å²) in [5.41, 5.74) is 1.78. The standard InChI is InChI=1S/C14H17NO3/c1-10(2)18-14(16)15-12-7-5-4-6-11(12)8-9-13(15)17-3/h4-10,13H,1-3H3/t13-/m0/s1. The summed E-state index contributed by atoms with van der Waals surface area (Å²) in [7, 11) is 1.57. The smallest absolute Gasteiger partial charge is 0.416 e. The number of amides is 1. The van der Waals surface area contributed by atoms with Crippen LogP contribution in [0.1, 0.15) is 19.4 Å². The molecule has 1 aliphatic rings. The van der Waals surface area contributed by atoms with Crippen molar-refractivity contribution >= 4 is 17.9 Å². The molecular weight excluding hydrogens is 230 g/mol. The van der Waals surface area contributed by atoms with Gasteiger partial charge >= 0.3 is 6.09 Å². The van der Waals surface area contributed by atoms with E-state index in [0.29, 0.717) is 0 Å². The molecule has 1 aromatic carbocycles. The van der Waals surface area contributed by atoms with Gasteiger partial charge in [-0.15, -0.1) is 0 Å². The van der Waals surface area contributed by atoms with Gasteiger partial charge in [0.25, 0.3) is 0 Å². The van der Waals surface area contributed by atoms with Gasteiger partial charge in [-0.3, -0.25) is 0 Å². The average Bonchev–Trinajstić information content (AvgIpc) is 2.36. The molecule has 96 valence electrons. The summed E-state index contributed by atoms with van der Waals surface area (Å²) in [6.07, 6.45) is 2.81. The minimum absolute atomic E-state index is 0.159. The Bertz CT molecular complexity index is 468. The number of benzene rings is 1. The van der Waals surface area contributed by atoms with Crippen molar-refractivity contribution in [3.8, 4) is 0 Å². The van der Waals surface area contributed by atoms with Gasteiger partial charge in [-0.05, 0) is 31.6 Å². The number of methoxy groups -OCH3 is 1. The van der Waals surface area contributed by atoms with Crippen LogP contribution in [0, 0.1) is 0 Å². The van der Waals surface area contributed by atoms with Gasteiger partial charge in [-0.25, -0.2) is 9.69 Å². The molecule has 0 unspecified atom stereocenters. The van der Waals surface area contributed by atoms with Gasteiger partial charge < -0.3 is 9.47 Å². The Morgan fingerprint density at radius 2 is 2.06 bits per heavy atom. The fourth-order valence-corrected chi connectivity index (χ4v) is 1.90. The van der Waals surface area contributed by atoms with Crippen molar-refractivity contribution in [1.82, 2.24) is 0 Å². The molecule has 4 heteroatoms. The van der Waals surface area contributed by atoms with E-state index in [4.69, 9.17) is 9.47 Å². The summed E-state index contributed by atoms with van der Waals surface area (Å²) >= 11 is 0. The Morgan fingerprint density at radius 3 is 2.72 bits per heavy atom. The highest BCUT2D eigenvalue weighted by atomic mass is 16.6. The molecule has 0 saturated carbocycles. The lowest BCUT2D eigenvalue weighted by atomic mass is 10.1. The van der Waals surface area contributed by atoms with Gasteiger partial charge in [0.2, 0.25) is 0 Å². The van der Waals surface area contributed by atoms with Crippen molar-refractivity contribution in [3.63, 3.8) is 0 Å². The van der Waals surface area contributed by atoms with Crippen LogP contribution in [-0.2, 0) is 9.47 Å². The number of nitrogens with zero attached hydrogens (tertiary/aromatic N) is 1. The van der Waals surface area contributed by atoms with E-state index in [2.05, 4.69) is 0 Å². The first kappa shape index (κ1) is 12.6. The monoisotopic (exact) mass is 247 g/mol. The van der Waals surface area contributed by atoms with Crippen molar-refractivity contribution in [2.45, 2.75) is 26.2 Å². The van der Waals surface area contributed by atoms with E-state index in [-0.39, 0.29) is 6.10 Å². The van der Waals surface area contributed by atoms with Crippen molar-refractivity contribution in [2.24, 2.45) is 0 Å². The first-order valence-electron chi connectivity index (χ1n) is 5.93. The summed E-state index contributed by atoms with van der Waals surface area (Å²) in [5, 5.41) is 0. The van der Waals surface area contributed by atoms with Crippen molar-refractivity contribution < 1.29 is 14.3 Å². The average molecular weight is 247 g/mol. The molecule has 1 atom stereocenters. The van der Waals surface area contributed by atoms with Crippen LogP contribution in [0.4, 0.5) is 10.5 Å². The van der Waals surface area contributed by atoms with Crippen LogP contribution in [0.15, 0.2) is 30.3 Å². The maximum absolute atomic E-state index is 12.1. The quantitative estimate of drug-likeness (QED) is 0.806. The van der Waals surface area contributed by atoms with E-state index >= 15 is 0 Å². The fraction of sp³-hybridized carbons (Fsp3) is 0.357. The van der Waals surface area contributed by atoms with Crippen LogP contribution in [-0.4, -0.2) is 25.5 Å². The van der Waals surface area contributed by atoms with E-state index in [1.165, 1.54) is 4.90 Å². The van der Waals surface area contributed by atoms with E-state index in [0.717, 1.165) is 11.3 Å². The van der Waals surface area contributed by atoms with Crippen LogP contribution >= 0.6 is 0 Å². The molecule has 0 N–H and O–H groups in total. The first-order chi connectivity index (χ1) is 8.63. The summed E-state index contributed by atoms with van der Waals surface area (Å²) < 4.78 is 10.6. The van der Waals surface area contributed by atoms with E-state index < -0.39 is 12.3 Å². The summed E-state index contributed by atoms with van der Waals surface area (Å²) in [4.78, 5) is 13.7. The lowest BCUT2D eigenvalue weighted by molar-refractivity contribution is 0.0931. The van der Waals surface area contributed by atoms with Gasteiger partial charge in [-0.2, -0.15) is 0 Å². The Morgan fingerprint density at radius 1 is 1.33 bits per heavy atom. The molecule has 1 heterocycles. The number of hydrogen-bond donors (Lipinski definition) is 0. The van der Waals surface area contributed by atoms with E-state index in [1.54, 1.807) is 7.11 Å². The maximum Gasteiger partial charge on any atom is 0.416 e. The van der Waals surface area contributed by atoms with Crippen LogP contribution in [0.25, 0.3) is 6.08 Å². The predicted octanol–water partition coefficient (Wildman–Crippen LogP) is 3.04. The second kappa shape index (κ2) is 5.23. The SMILES string of the molecule is CO[C@H]1C=Cc2ccccc2N1C(=O)OC(C)C. The number of anilines is 1. The lowest BCUT2D eigenvalue weighted by Gasteiger charge is -2.32. The van der Waals surface area contributed by atoms with E-state index in [1.807, 2.05) is 50.3 Å². The maximum atomic E-state index is 12.1. The third kappa shape index (κ3) is 2.38. The van der Waals surface area contributed by atoms with Crippen molar-refractivity contribution in [3.05, 3.63) is 35.9 Å². The predicted molar refractivity (Wildman–Crippen MR) is 70.4 cm³/mol.